The number of aromatic amines is 1. The summed E-state index contributed by atoms with van der Waals surface area (Å²) in [6.07, 6.45) is 0.630. The lowest BCUT2D eigenvalue weighted by Crippen LogP contribution is -2.47. The van der Waals surface area contributed by atoms with E-state index in [9.17, 15) is 4.79 Å². The monoisotopic (exact) mass is 397 g/mol. The Morgan fingerprint density at radius 1 is 0.967 bits per heavy atom. The maximum atomic E-state index is 13.1. The van der Waals surface area contributed by atoms with E-state index in [4.69, 9.17) is 4.74 Å². The number of carbonyl (C=O) groups is 1. The number of carbonyl (C=O) groups excluding carboxylic acids is 1. The molecule has 1 aliphatic rings. The summed E-state index contributed by atoms with van der Waals surface area (Å²) >= 11 is 0. The first-order valence-corrected chi connectivity index (χ1v) is 10.1. The van der Waals surface area contributed by atoms with Gasteiger partial charge in [-0.3, -0.25) is 10.1 Å². The molecular formula is C25H23N3O2. The van der Waals surface area contributed by atoms with Crippen molar-refractivity contribution in [3.8, 4) is 5.75 Å². The van der Waals surface area contributed by atoms with Crippen LogP contribution in [0.25, 0.3) is 10.9 Å². The summed E-state index contributed by atoms with van der Waals surface area (Å²) < 4.78 is 5.31. The van der Waals surface area contributed by atoms with Crippen LogP contribution in [0.1, 0.15) is 22.9 Å². The third-order valence-corrected chi connectivity index (χ3v) is 5.72. The maximum absolute atomic E-state index is 13.1. The van der Waals surface area contributed by atoms with Crippen LogP contribution in [0, 0.1) is 0 Å². The lowest BCUT2D eigenvalue weighted by Gasteiger charge is -2.31. The lowest BCUT2D eigenvalue weighted by atomic mass is 9.90. The van der Waals surface area contributed by atoms with Gasteiger partial charge in [-0.1, -0.05) is 48.5 Å². The Bertz CT molecular complexity index is 1180. The van der Waals surface area contributed by atoms with Gasteiger partial charge in [-0.15, -0.1) is 0 Å². The summed E-state index contributed by atoms with van der Waals surface area (Å²) in [5.74, 6) is 0.778. The van der Waals surface area contributed by atoms with Crippen LogP contribution in [0.4, 0.5) is 5.69 Å². The zero-order chi connectivity index (χ0) is 20.5. The van der Waals surface area contributed by atoms with E-state index in [1.807, 2.05) is 66.7 Å². The van der Waals surface area contributed by atoms with Gasteiger partial charge in [0.2, 0.25) is 5.91 Å². The van der Waals surface area contributed by atoms with E-state index in [1.54, 1.807) is 7.11 Å². The number of methoxy groups -OCH3 is 1. The number of para-hydroxylation sites is 2. The van der Waals surface area contributed by atoms with Gasteiger partial charge in [0.1, 0.15) is 5.75 Å². The molecule has 2 atom stereocenters. The number of nitrogens with one attached hydrogen (secondary N) is 3. The molecule has 4 aromatic rings. The van der Waals surface area contributed by atoms with Crippen molar-refractivity contribution in [3.05, 3.63) is 95.7 Å². The predicted octanol–water partition coefficient (Wildman–Crippen LogP) is 4.42. The summed E-state index contributed by atoms with van der Waals surface area (Å²) in [6.45, 7) is 0. The van der Waals surface area contributed by atoms with E-state index >= 15 is 0 Å². The number of amides is 1. The molecule has 1 aromatic heterocycles. The molecule has 0 spiro atoms. The number of anilines is 1. The minimum Gasteiger partial charge on any atom is -0.497 e. The highest BCUT2D eigenvalue weighted by molar-refractivity contribution is 5.96. The number of rotatable bonds is 4. The quantitative estimate of drug-likeness (QED) is 0.478. The van der Waals surface area contributed by atoms with Gasteiger partial charge in [-0.05, 0) is 47.9 Å². The Hall–Kier alpha value is -3.57. The van der Waals surface area contributed by atoms with Gasteiger partial charge in [0.15, 0.2) is 0 Å². The van der Waals surface area contributed by atoms with Crippen molar-refractivity contribution in [1.29, 1.82) is 0 Å². The van der Waals surface area contributed by atoms with E-state index in [2.05, 4.69) is 27.8 Å². The minimum absolute atomic E-state index is 0.0318. The molecule has 1 amide bonds. The fraction of sp³-hybridized carbons (Fsp3) is 0.160. The first-order chi connectivity index (χ1) is 14.7. The van der Waals surface area contributed by atoms with E-state index < -0.39 is 0 Å². The molecule has 0 saturated carbocycles. The molecule has 0 bridgehead atoms. The molecule has 3 N–H and O–H groups in total. The van der Waals surface area contributed by atoms with Crippen LogP contribution in [0.3, 0.4) is 0 Å². The molecule has 0 unspecified atom stereocenters. The molecular weight excluding hydrogens is 374 g/mol. The van der Waals surface area contributed by atoms with Crippen LogP contribution in [-0.4, -0.2) is 24.0 Å². The van der Waals surface area contributed by atoms with E-state index in [-0.39, 0.29) is 18.0 Å². The number of benzene rings is 3. The predicted molar refractivity (Wildman–Crippen MR) is 119 cm³/mol. The van der Waals surface area contributed by atoms with Gasteiger partial charge in [0.05, 0.1) is 19.2 Å². The van der Waals surface area contributed by atoms with E-state index in [0.717, 1.165) is 28.2 Å². The van der Waals surface area contributed by atoms with Gasteiger partial charge in [0.25, 0.3) is 0 Å². The van der Waals surface area contributed by atoms with Crippen molar-refractivity contribution in [2.24, 2.45) is 0 Å². The molecule has 0 radical (unpaired) electrons. The van der Waals surface area contributed by atoms with Crippen LogP contribution in [0.15, 0.2) is 78.9 Å². The lowest BCUT2D eigenvalue weighted by molar-refractivity contribution is -0.118. The van der Waals surface area contributed by atoms with Crippen LogP contribution in [0.2, 0.25) is 0 Å². The fourth-order valence-electron chi connectivity index (χ4n) is 4.21. The average molecular weight is 397 g/mol. The topological polar surface area (TPSA) is 66.2 Å². The zero-order valence-corrected chi connectivity index (χ0v) is 16.7. The van der Waals surface area contributed by atoms with Crippen molar-refractivity contribution in [1.82, 2.24) is 10.3 Å². The average Bonchev–Trinajstić information content (AvgIpc) is 3.18. The Labute approximate surface area is 175 Å². The second-order valence-electron chi connectivity index (χ2n) is 7.55. The molecule has 3 aromatic carbocycles. The number of hydrogen-bond acceptors (Lipinski definition) is 3. The molecule has 1 aliphatic heterocycles. The molecule has 0 aliphatic carbocycles. The summed E-state index contributed by atoms with van der Waals surface area (Å²) in [5.41, 5.74) is 5.28. The van der Waals surface area contributed by atoms with Gasteiger partial charge >= 0.3 is 0 Å². The number of H-pyrrole nitrogens is 1. The normalized spacial score (nSPS) is 18.0. The number of hydrogen-bond donors (Lipinski definition) is 3. The fourth-order valence-corrected chi connectivity index (χ4v) is 4.21. The molecule has 0 fully saturated rings. The number of ether oxygens (including phenoxy) is 1. The van der Waals surface area contributed by atoms with Crippen LogP contribution < -0.4 is 15.4 Å². The second-order valence-corrected chi connectivity index (χ2v) is 7.55. The molecule has 0 saturated heterocycles. The summed E-state index contributed by atoms with van der Waals surface area (Å²) in [6, 6.07) is 25.4. The summed E-state index contributed by atoms with van der Waals surface area (Å²) in [7, 11) is 1.66. The Morgan fingerprint density at radius 2 is 1.70 bits per heavy atom. The smallest absolute Gasteiger partial charge is 0.241 e. The zero-order valence-electron chi connectivity index (χ0n) is 16.7. The summed E-state index contributed by atoms with van der Waals surface area (Å²) in [4.78, 5) is 16.7. The molecule has 5 rings (SSSR count). The maximum Gasteiger partial charge on any atom is 0.241 e. The van der Waals surface area contributed by atoms with Gasteiger partial charge < -0.3 is 15.0 Å². The van der Waals surface area contributed by atoms with E-state index in [1.165, 1.54) is 10.9 Å². The standard InChI is InChI=1S/C25H23N3O2/c1-30-18-13-11-16(12-14-18)23-24-20(19-9-5-6-10-21(19)27-24)15-22(28-23)25(29)26-17-7-3-2-4-8-17/h2-14,22-23,27-28H,15H2,1H3,(H,26,29)/t22-,23+/m0/s1. The minimum atomic E-state index is -0.344. The summed E-state index contributed by atoms with van der Waals surface area (Å²) in [5, 5.41) is 7.77. The van der Waals surface area contributed by atoms with Crippen LogP contribution in [0.5, 0.6) is 5.75 Å². The van der Waals surface area contributed by atoms with Crippen molar-refractivity contribution in [2.45, 2.75) is 18.5 Å². The van der Waals surface area contributed by atoms with Crippen LogP contribution >= 0.6 is 0 Å². The first-order valence-electron chi connectivity index (χ1n) is 10.1. The van der Waals surface area contributed by atoms with Gasteiger partial charge in [-0.2, -0.15) is 0 Å². The van der Waals surface area contributed by atoms with E-state index in [0.29, 0.717) is 6.42 Å². The second kappa shape index (κ2) is 7.69. The van der Waals surface area contributed by atoms with Gasteiger partial charge in [-0.25, -0.2) is 0 Å². The third-order valence-electron chi connectivity index (χ3n) is 5.72. The third kappa shape index (κ3) is 3.33. The molecule has 30 heavy (non-hydrogen) atoms. The molecule has 5 nitrogen and oxygen atoms in total. The number of aromatic nitrogens is 1. The Kier molecular flexibility index (Phi) is 4.73. The Balaban J connectivity index is 1.53. The van der Waals surface area contributed by atoms with Crippen LogP contribution in [-0.2, 0) is 11.2 Å². The largest absolute Gasteiger partial charge is 0.497 e. The van der Waals surface area contributed by atoms with Gasteiger partial charge in [0, 0.05) is 22.3 Å². The van der Waals surface area contributed by atoms with Crippen molar-refractivity contribution < 1.29 is 9.53 Å². The molecule has 2 heterocycles. The molecule has 5 heteroatoms. The highest BCUT2D eigenvalue weighted by Gasteiger charge is 2.34. The first kappa shape index (κ1) is 18.5. The Morgan fingerprint density at radius 3 is 2.47 bits per heavy atom. The SMILES string of the molecule is COc1ccc([C@H]2N[C@H](C(=O)Nc3ccccc3)Cc3c2[nH]c2ccccc32)cc1. The number of fused-ring (bicyclic) bond motifs is 3. The highest BCUT2D eigenvalue weighted by atomic mass is 16.5. The van der Waals surface area contributed by atoms with Crippen molar-refractivity contribution in [2.75, 3.05) is 12.4 Å². The molecule has 150 valence electrons. The van der Waals surface area contributed by atoms with Crippen molar-refractivity contribution in [3.63, 3.8) is 0 Å². The highest BCUT2D eigenvalue weighted by Crippen LogP contribution is 2.35. The van der Waals surface area contributed by atoms with Crippen molar-refractivity contribution >= 4 is 22.5 Å².